The van der Waals surface area contributed by atoms with Gasteiger partial charge in [-0.2, -0.15) is 0 Å². The number of terminal acetylenes is 1. The maximum absolute atomic E-state index is 11.6. The summed E-state index contributed by atoms with van der Waals surface area (Å²) in [6.45, 7) is 2.65. The van der Waals surface area contributed by atoms with E-state index in [2.05, 4.69) is 16.2 Å². The molecular formula is C14H18N2O. The van der Waals surface area contributed by atoms with Crippen molar-refractivity contribution in [3.8, 4) is 12.3 Å². The second-order valence-corrected chi connectivity index (χ2v) is 3.95. The number of unbranched alkanes of at least 4 members (excludes halogenated alkanes) is 2. The first-order valence-corrected chi connectivity index (χ1v) is 5.84. The van der Waals surface area contributed by atoms with E-state index in [1.54, 1.807) is 6.20 Å². The Morgan fingerprint density at radius 2 is 2.35 bits per heavy atom. The molecule has 0 fully saturated rings. The summed E-state index contributed by atoms with van der Waals surface area (Å²) in [5, 5.41) is 2.87. The van der Waals surface area contributed by atoms with E-state index >= 15 is 0 Å². The number of nitrogens with one attached hydrogen (secondary N) is 1. The highest BCUT2D eigenvalue weighted by molar-refractivity contribution is 5.78. The highest BCUT2D eigenvalue weighted by Crippen LogP contribution is 2.03. The number of hydrogen-bond donors (Lipinski definition) is 1. The Morgan fingerprint density at radius 3 is 3.06 bits per heavy atom. The lowest BCUT2D eigenvalue weighted by Gasteiger charge is -2.05. The van der Waals surface area contributed by atoms with Crippen LogP contribution in [0.25, 0.3) is 0 Å². The number of aromatic nitrogens is 1. The van der Waals surface area contributed by atoms with Gasteiger partial charge >= 0.3 is 0 Å². The molecule has 0 bridgehead atoms. The molecule has 0 saturated heterocycles. The van der Waals surface area contributed by atoms with Crippen molar-refractivity contribution in [2.45, 2.75) is 32.6 Å². The molecule has 0 aromatic carbocycles. The third kappa shape index (κ3) is 5.17. The Labute approximate surface area is 103 Å². The molecule has 1 heterocycles. The molecule has 0 spiro atoms. The van der Waals surface area contributed by atoms with Crippen molar-refractivity contribution >= 4 is 5.91 Å². The normalized spacial score (nSPS) is 9.65. The van der Waals surface area contributed by atoms with Crippen LogP contribution < -0.4 is 5.32 Å². The van der Waals surface area contributed by atoms with Crippen LogP contribution in [0.15, 0.2) is 18.3 Å². The summed E-state index contributed by atoms with van der Waals surface area (Å²) < 4.78 is 0. The Kier molecular flexibility index (Phi) is 5.81. The first kappa shape index (κ1) is 13.2. The van der Waals surface area contributed by atoms with E-state index in [1.165, 1.54) is 0 Å². The van der Waals surface area contributed by atoms with Crippen LogP contribution in [0.2, 0.25) is 0 Å². The van der Waals surface area contributed by atoms with Gasteiger partial charge in [0.15, 0.2) is 0 Å². The summed E-state index contributed by atoms with van der Waals surface area (Å²) >= 11 is 0. The number of amides is 1. The molecule has 0 saturated carbocycles. The van der Waals surface area contributed by atoms with Gasteiger partial charge in [-0.05, 0) is 31.4 Å². The zero-order valence-corrected chi connectivity index (χ0v) is 10.2. The lowest BCUT2D eigenvalue weighted by atomic mass is 10.1. The van der Waals surface area contributed by atoms with Crippen LogP contribution in [-0.2, 0) is 11.2 Å². The quantitative estimate of drug-likeness (QED) is 0.598. The van der Waals surface area contributed by atoms with E-state index in [9.17, 15) is 4.79 Å². The first-order chi connectivity index (χ1) is 8.24. The number of nitrogens with zero attached hydrogens (tertiary/aromatic N) is 1. The predicted octanol–water partition coefficient (Wildman–Crippen LogP) is 1.85. The fraction of sp³-hybridized carbons (Fsp3) is 0.429. The first-order valence-electron chi connectivity index (χ1n) is 5.84. The van der Waals surface area contributed by atoms with Crippen molar-refractivity contribution in [3.63, 3.8) is 0 Å². The fourth-order valence-corrected chi connectivity index (χ4v) is 1.50. The zero-order valence-electron chi connectivity index (χ0n) is 10.2. The van der Waals surface area contributed by atoms with Gasteiger partial charge in [0.1, 0.15) is 0 Å². The molecule has 0 unspecified atom stereocenters. The van der Waals surface area contributed by atoms with Crippen LogP contribution in [0.1, 0.15) is 30.5 Å². The second-order valence-electron chi connectivity index (χ2n) is 3.95. The molecule has 17 heavy (non-hydrogen) atoms. The molecule has 3 heteroatoms. The van der Waals surface area contributed by atoms with E-state index in [-0.39, 0.29) is 5.91 Å². The molecule has 0 aliphatic rings. The Hall–Kier alpha value is -1.82. The molecule has 0 aliphatic heterocycles. The summed E-state index contributed by atoms with van der Waals surface area (Å²) in [5.41, 5.74) is 1.89. The van der Waals surface area contributed by atoms with Crippen molar-refractivity contribution in [1.82, 2.24) is 10.3 Å². The van der Waals surface area contributed by atoms with E-state index in [0.717, 1.165) is 30.5 Å². The van der Waals surface area contributed by atoms with Crippen molar-refractivity contribution in [2.24, 2.45) is 0 Å². The summed E-state index contributed by atoms with van der Waals surface area (Å²) in [4.78, 5) is 15.8. The lowest BCUT2D eigenvalue weighted by Crippen LogP contribution is -2.26. The van der Waals surface area contributed by atoms with Gasteiger partial charge in [-0.1, -0.05) is 6.07 Å². The van der Waals surface area contributed by atoms with Crippen LogP contribution in [-0.4, -0.2) is 17.4 Å². The lowest BCUT2D eigenvalue weighted by molar-refractivity contribution is -0.120. The van der Waals surface area contributed by atoms with Gasteiger partial charge in [0.25, 0.3) is 0 Å². The van der Waals surface area contributed by atoms with Gasteiger partial charge in [0.05, 0.1) is 12.1 Å². The van der Waals surface area contributed by atoms with Crippen LogP contribution in [0.4, 0.5) is 0 Å². The molecule has 1 aromatic rings. The third-order valence-electron chi connectivity index (χ3n) is 2.52. The number of hydrogen-bond acceptors (Lipinski definition) is 2. The number of carbonyl (C=O) groups excluding carboxylic acids is 1. The smallest absolute Gasteiger partial charge is 0.226 e. The van der Waals surface area contributed by atoms with Gasteiger partial charge in [-0.3, -0.25) is 9.78 Å². The molecule has 0 atom stereocenters. The minimum absolute atomic E-state index is 0.0208. The number of aryl methyl sites for hydroxylation is 1. The van der Waals surface area contributed by atoms with Gasteiger partial charge < -0.3 is 5.32 Å². The molecular weight excluding hydrogens is 212 g/mol. The number of carbonyl (C=O) groups is 1. The largest absolute Gasteiger partial charge is 0.356 e. The van der Waals surface area contributed by atoms with Crippen LogP contribution in [0, 0.1) is 19.3 Å². The van der Waals surface area contributed by atoms with Crippen LogP contribution in [0.3, 0.4) is 0 Å². The molecule has 0 radical (unpaired) electrons. The average molecular weight is 230 g/mol. The summed E-state index contributed by atoms with van der Waals surface area (Å²) in [7, 11) is 0. The number of pyridine rings is 1. The molecule has 90 valence electrons. The monoisotopic (exact) mass is 230 g/mol. The molecule has 1 rings (SSSR count). The highest BCUT2D eigenvalue weighted by Gasteiger charge is 2.05. The van der Waals surface area contributed by atoms with Gasteiger partial charge in [0, 0.05) is 19.2 Å². The molecule has 1 aromatic heterocycles. The van der Waals surface area contributed by atoms with E-state index < -0.39 is 0 Å². The second kappa shape index (κ2) is 7.45. The standard InChI is InChI=1S/C14H18N2O/c1-3-4-5-6-9-16-14(17)11-13-12(2)8-7-10-15-13/h1,7-8,10H,4-6,9,11H2,2H3,(H,16,17). The molecule has 1 amide bonds. The summed E-state index contributed by atoms with van der Waals surface area (Å²) in [5.74, 6) is 2.60. The topological polar surface area (TPSA) is 42.0 Å². The highest BCUT2D eigenvalue weighted by atomic mass is 16.1. The van der Waals surface area contributed by atoms with Crippen LogP contribution >= 0.6 is 0 Å². The Morgan fingerprint density at radius 1 is 1.53 bits per heavy atom. The van der Waals surface area contributed by atoms with E-state index in [0.29, 0.717) is 13.0 Å². The van der Waals surface area contributed by atoms with Crippen molar-refractivity contribution in [1.29, 1.82) is 0 Å². The average Bonchev–Trinajstić information content (AvgIpc) is 2.32. The van der Waals surface area contributed by atoms with Crippen molar-refractivity contribution < 1.29 is 4.79 Å². The SMILES string of the molecule is C#CCCCCNC(=O)Cc1ncccc1C. The Bertz CT molecular complexity index is 407. The third-order valence-corrected chi connectivity index (χ3v) is 2.52. The maximum Gasteiger partial charge on any atom is 0.226 e. The minimum atomic E-state index is 0.0208. The van der Waals surface area contributed by atoms with Gasteiger partial charge in [-0.25, -0.2) is 0 Å². The molecule has 1 N–H and O–H groups in total. The van der Waals surface area contributed by atoms with Gasteiger partial charge in [0.2, 0.25) is 5.91 Å². The fourth-order valence-electron chi connectivity index (χ4n) is 1.50. The maximum atomic E-state index is 11.6. The van der Waals surface area contributed by atoms with E-state index in [4.69, 9.17) is 6.42 Å². The van der Waals surface area contributed by atoms with E-state index in [1.807, 2.05) is 19.1 Å². The Balaban J connectivity index is 2.26. The van der Waals surface area contributed by atoms with Crippen molar-refractivity contribution in [3.05, 3.63) is 29.6 Å². The van der Waals surface area contributed by atoms with Crippen molar-refractivity contribution in [2.75, 3.05) is 6.54 Å². The van der Waals surface area contributed by atoms with Gasteiger partial charge in [-0.15, -0.1) is 12.3 Å². The minimum Gasteiger partial charge on any atom is -0.356 e. The summed E-state index contributed by atoms with van der Waals surface area (Å²) in [6, 6.07) is 3.83. The van der Waals surface area contributed by atoms with Crippen LogP contribution in [0.5, 0.6) is 0 Å². The predicted molar refractivity (Wildman–Crippen MR) is 68.4 cm³/mol. The molecule has 3 nitrogen and oxygen atoms in total. The summed E-state index contributed by atoms with van der Waals surface area (Å²) in [6.07, 6.45) is 9.86. The number of rotatable bonds is 6. The molecule has 0 aliphatic carbocycles. The zero-order chi connectivity index (χ0) is 12.5.